The Balaban J connectivity index is 1.51. The lowest BCUT2D eigenvalue weighted by Crippen LogP contribution is -2.34. The Morgan fingerprint density at radius 2 is 1.82 bits per heavy atom. The average molecular weight is 441 g/mol. The lowest BCUT2D eigenvalue weighted by Gasteiger charge is -2.35. The van der Waals surface area contributed by atoms with Gasteiger partial charge in [0, 0.05) is 48.6 Å². The lowest BCUT2D eigenvalue weighted by atomic mass is 10.00. The van der Waals surface area contributed by atoms with E-state index in [9.17, 15) is 4.39 Å². The fraction of sp³-hybridized carbons (Fsp3) is 0.231. The van der Waals surface area contributed by atoms with Crippen LogP contribution < -0.4 is 5.32 Å². The van der Waals surface area contributed by atoms with Gasteiger partial charge in [0.05, 0.1) is 11.7 Å². The highest BCUT2D eigenvalue weighted by atomic mass is 19.1. The molecule has 0 amide bonds. The average Bonchev–Trinajstić information content (AvgIpc) is 2.85. The molecule has 5 rings (SSSR count). The second-order valence-electron chi connectivity index (χ2n) is 8.22. The van der Waals surface area contributed by atoms with Crippen LogP contribution >= 0.6 is 0 Å². The zero-order valence-electron chi connectivity index (χ0n) is 18.2. The first-order chi connectivity index (χ1) is 16.2. The molecule has 1 saturated heterocycles. The summed E-state index contributed by atoms with van der Waals surface area (Å²) in [6.07, 6.45) is 10.5. The summed E-state index contributed by atoms with van der Waals surface area (Å²) in [7, 11) is 0. The lowest BCUT2D eigenvalue weighted by molar-refractivity contribution is 0.134. The maximum absolute atomic E-state index is 13.7. The summed E-state index contributed by atoms with van der Waals surface area (Å²) in [5.41, 5.74) is 3.52. The third-order valence-corrected chi connectivity index (χ3v) is 5.82. The Kier molecular flexibility index (Phi) is 6.30. The SMILES string of the molecule is Fc1cccc(Nc2cc(-c3cccnc3)nc([C@@H]3CCCCN3Cc3cccnc3)n2)c1. The molecule has 0 unspecified atom stereocenters. The largest absolute Gasteiger partial charge is 0.340 e. The number of aromatic nitrogens is 4. The molecule has 1 aliphatic heterocycles. The fourth-order valence-electron chi connectivity index (χ4n) is 4.25. The number of hydrogen-bond acceptors (Lipinski definition) is 6. The van der Waals surface area contributed by atoms with E-state index >= 15 is 0 Å². The molecule has 166 valence electrons. The van der Waals surface area contributed by atoms with Crippen LogP contribution in [0.2, 0.25) is 0 Å². The molecule has 0 bridgehead atoms. The van der Waals surface area contributed by atoms with Crippen LogP contribution in [-0.2, 0) is 6.54 Å². The van der Waals surface area contributed by atoms with Crippen molar-refractivity contribution >= 4 is 11.5 Å². The summed E-state index contributed by atoms with van der Waals surface area (Å²) in [5, 5.41) is 3.26. The van der Waals surface area contributed by atoms with Gasteiger partial charge in [-0.25, -0.2) is 14.4 Å². The molecule has 0 saturated carbocycles. The van der Waals surface area contributed by atoms with E-state index in [0.29, 0.717) is 11.5 Å². The number of likely N-dealkylation sites (tertiary alicyclic amines) is 1. The number of nitrogens with zero attached hydrogens (tertiary/aromatic N) is 5. The smallest absolute Gasteiger partial charge is 0.148 e. The highest BCUT2D eigenvalue weighted by Gasteiger charge is 2.27. The second-order valence-corrected chi connectivity index (χ2v) is 8.22. The summed E-state index contributed by atoms with van der Waals surface area (Å²) < 4.78 is 13.7. The molecular formula is C26H25FN6. The molecule has 1 atom stereocenters. The summed E-state index contributed by atoms with van der Waals surface area (Å²) in [5.74, 6) is 1.10. The van der Waals surface area contributed by atoms with Crippen molar-refractivity contribution < 1.29 is 4.39 Å². The van der Waals surface area contributed by atoms with Gasteiger partial charge in [0.2, 0.25) is 0 Å². The van der Waals surface area contributed by atoms with Crippen LogP contribution in [0.1, 0.15) is 36.7 Å². The molecule has 4 heterocycles. The molecule has 0 radical (unpaired) electrons. The van der Waals surface area contributed by atoms with Gasteiger partial charge in [0.1, 0.15) is 17.5 Å². The number of hydrogen-bond donors (Lipinski definition) is 1. The van der Waals surface area contributed by atoms with Gasteiger partial charge in [-0.3, -0.25) is 14.9 Å². The van der Waals surface area contributed by atoms with E-state index < -0.39 is 0 Å². The molecule has 6 nitrogen and oxygen atoms in total. The molecule has 33 heavy (non-hydrogen) atoms. The minimum Gasteiger partial charge on any atom is -0.340 e. The number of nitrogens with one attached hydrogen (secondary N) is 1. The summed E-state index contributed by atoms with van der Waals surface area (Å²) in [6.45, 7) is 1.78. The monoisotopic (exact) mass is 440 g/mol. The maximum Gasteiger partial charge on any atom is 0.148 e. The van der Waals surface area contributed by atoms with Crippen molar-refractivity contribution in [2.24, 2.45) is 0 Å². The Bertz CT molecular complexity index is 1200. The molecule has 1 aromatic carbocycles. The van der Waals surface area contributed by atoms with Crippen molar-refractivity contribution in [1.82, 2.24) is 24.8 Å². The number of halogens is 1. The summed E-state index contributed by atoms with van der Waals surface area (Å²) in [6, 6.07) is 16.3. The topological polar surface area (TPSA) is 66.8 Å². The van der Waals surface area contributed by atoms with Crippen molar-refractivity contribution in [1.29, 1.82) is 0 Å². The van der Waals surface area contributed by atoms with Gasteiger partial charge in [-0.15, -0.1) is 0 Å². The quantitative estimate of drug-likeness (QED) is 0.424. The summed E-state index contributed by atoms with van der Waals surface area (Å²) in [4.78, 5) is 20.8. The zero-order valence-corrected chi connectivity index (χ0v) is 18.2. The fourth-order valence-corrected chi connectivity index (χ4v) is 4.25. The van der Waals surface area contributed by atoms with Crippen molar-refractivity contribution in [2.75, 3.05) is 11.9 Å². The van der Waals surface area contributed by atoms with Gasteiger partial charge < -0.3 is 5.32 Å². The minimum atomic E-state index is -0.295. The van der Waals surface area contributed by atoms with Crippen LogP contribution in [0.25, 0.3) is 11.3 Å². The molecular weight excluding hydrogens is 415 g/mol. The van der Waals surface area contributed by atoms with Gasteiger partial charge in [0.15, 0.2) is 0 Å². The Morgan fingerprint density at radius 3 is 2.61 bits per heavy atom. The Labute approximate surface area is 192 Å². The second kappa shape index (κ2) is 9.83. The molecule has 3 aromatic heterocycles. The minimum absolute atomic E-state index is 0.0867. The first-order valence-corrected chi connectivity index (χ1v) is 11.2. The number of pyridine rings is 2. The number of benzene rings is 1. The van der Waals surface area contributed by atoms with Crippen LogP contribution in [0.4, 0.5) is 15.9 Å². The predicted molar refractivity (Wildman–Crippen MR) is 126 cm³/mol. The van der Waals surface area contributed by atoms with Gasteiger partial charge in [-0.05, 0) is 61.3 Å². The maximum atomic E-state index is 13.7. The Hall–Kier alpha value is -3.71. The van der Waals surface area contributed by atoms with Gasteiger partial charge in [-0.2, -0.15) is 0 Å². The van der Waals surface area contributed by atoms with Crippen molar-refractivity contribution in [3.63, 3.8) is 0 Å². The molecule has 7 heteroatoms. The highest BCUT2D eigenvalue weighted by molar-refractivity contribution is 5.65. The number of piperidine rings is 1. The van der Waals surface area contributed by atoms with E-state index in [0.717, 1.165) is 49.4 Å². The van der Waals surface area contributed by atoms with Gasteiger partial charge >= 0.3 is 0 Å². The molecule has 4 aromatic rings. The van der Waals surface area contributed by atoms with Crippen LogP contribution in [-0.4, -0.2) is 31.4 Å². The normalized spacial score (nSPS) is 16.5. The standard InChI is InChI=1S/C26H25FN6/c27-21-8-3-9-22(14-21)30-25-15-23(20-7-5-12-29-17-20)31-26(32-25)24-10-1-2-13-33(24)18-19-6-4-11-28-16-19/h3-9,11-12,14-17,24H,1-2,10,13,18H2,(H,30,31,32)/t24-/m0/s1. The van der Waals surface area contributed by atoms with Crippen LogP contribution in [0.3, 0.4) is 0 Å². The molecule has 1 aliphatic rings. The number of anilines is 2. The van der Waals surface area contributed by atoms with E-state index in [1.807, 2.05) is 36.5 Å². The molecule has 1 N–H and O–H groups in total. The van der Waals surface area contributed by atoms with E-state index in [1.54, 1.807) is 24.7 Å². The third-order valence-electron chi connectivity index (χ3n) is 5.82. The summed E-state index contributed by atoms with van der Waals surface area (Å²) >= 11 is 0. The van der Waals surface area contributed by atoms with E-state index in [-0.39, 0.29) is 11.9 Å². The highest BCUT2D eigenvalue weighted by Crippen LogP contribution is 2.33. The zero-order chi connectivity index (χ0) is 22.5. The van der Waals surface area contributed by atoms with Crippen LogP contribution in [0.5, 0.6) is 0 Å². The van der Waals surface area contributed by atoms with Crippen molar-refractivity contribution in [2.45, 2.75) is 31.8 Å². The van der Waals surface area contributed by atoms with Gasteiger partial charge in [-0.1, -0.05) is 18.6 Å². The first kappa shape index (κ1) is 21.2. The van der Waals surface area contributed by atoms with Crippen molar-refractivity contribution in [3.05, 3.63) is 96.6 Å². The molecule has 0 aliphatic carbocycles. The van der Waals surface area contributed by atoms with E-state index in [4.69, 9.17) is 9.97 Å². The van der Waals surface area contributed by atoms with E-state index in [1.165, 1.54) is 17.7 Å². The predicted octanol–water partition coefficient (Wildman–Crippen LogP) is 5.54. The van der Waals surface area contributed by atoms with Crippen LogP contribution in [0.15, 0.2) is 79.4 Å². The number of rotatable bonds is 6. The molecule has 1 fully saturated rings. The third kappa shape index (κ3) is 5.21. The van der Waals surface area contributed by atoms with Crippen molar-refractivity contribution in [3.8, 4) is 11.3 Å². The molecule has 0 spiro atoms. The van der Waals surface area contributed by atoms with Gasteiger partial charge in [0.25, 0.3) is 0 Å². The van der Waals surface area contributed by atoms with Crippen LogP contribution in [0, 0.1) is 5.82 Å². The van der Waals surface area contributed by atoms with E-state index in [2.05, 4.69) is 26.3 Å². The first-order valence-electron chi connectivity index (χ1n) is 11.2. The Morgan fingerprint density at radius 1 is 0.939 bits per heavy atom.